The number of aliphatic carboxylic acids is 1. The van der Waals surface area contributed by atoms with E-state index in [1.807, 2.05) is 6.08 Å². The first-order chi connectivity index (χ1) is 18.5. The minimum absolute atomic E-state index is 0.0187. The zero-order valence-electron chi connectivity index (χ0n) is 20.8. The number of fused-ring (bicyclic) bond motifs is 4. The number of aliphatic hydroxyl groups is 1. The van der Waals surface area contributed by atoms with Gasteiger partial charge in [-0.15, -0.1) is 23.2 Å². The highest BCUT2D eigenvalue weighted by Crippen LogP contribution is 2.65. The second-order valence-corrected chi connectivity index (χ2v) is 12.2. The smallest absolute Gasteiger partial charge is 0.303 e. The van der Waals surface area contributed by atoms with Gasteiger partial charge in [-0.2, -0.15) is 0 Å². The molecule has 3 fully saturated rings. The summed E-state index contributed by atoms with van der Waals surface area (Å²) < 4.78 is 5.83. The average molecular weight is 646 g/mol. The number of hydrogen-bond donors (Lipinski definition) is 2. The Bertz CT molecular complexity index is 1280. The molecular formula is C26H27BrCl2N2O8. The number of furan rings is 1. The molecule has 13 heteroatoms. The Labute approximate surface area is 242 Å². The van der Waals surface area contributed by atoms with Gasteiger partial charge in [0.15, 0.2) is 9.75 Å². The van der Waals surface area contributed by atoms with Crippen LogP contribution < -0.4 is 0 Å². The topological polar surface area (TPSA) is 145 Å². The van der Waals surface area contributed by atoms with Gasteiger partial charge in [-0.05, 0) is 43.7 Å². The van der Waals surface area contributed by atoms with Gasteiger partial charge in [0, 0.05) is 13.0 Å². The Hall–Kier alpha value is -2.21. The van der Waals surface area contributed by atoms with E-state index in [1.54, 1.807) is 12.1 Å². The van der Waals surface area contributed by atoms with Crippen LogP contribution in [0.1, 0.15) is 56.0 Å². The maximum Gasteiger partial charge on any atom is 0.303 e. The quantitative estimate of drug-likeness (QED) is 0.137. The molecule has 0 unspecified atom stereocenters. The van der Waals surface area contributed by atoms with Crippen LogP contribution in [0.5, 0.6) is 0 Å². The van der Waals surface area contributed by atoms with Gasteiger partial charge in [0.25, 0.3) is 11.8 Å². The summed E-state index contributed by atoms with van der Waals surface area (Å²) in [6.07, 6.45) is 3.44. The van der Waals surface area contributed by atoms with Crippen LogP contribution in [-0.4, -0.2) is 71.4 Å². The summed E-state index contributed by atoms with van der Waals surface area (Å²) in [5.74, 6) is -5.57. The van der Waals surface area contributed by atoms with E-state index in [1.165, 1.54) is 4.90 Å². The molecule has 2 N–H and O–H groups in total. The van der Waals surface area contributed by atoms with Gasteiger partial charge in [0.05, 0.1) is 23.2 Å². The molecule has 10 nitrogen and oxygen atoms in total. The van der Waals surface area contributed by atoms with Crippen LogP contribution in [0.15, 0.2) is 28.2 Å². The molecule has 2 aliphatic heterocycles. The molecular weight excluding hydrogens is 619 g/mol. The van der Waals surface area contributed by atoms with Crippen LogP contribution in [-0.2, 0) is 30.6 Å². The molecule has 3 heterocycles. The summed E-state index contributed by atoms with van der Waals surface area (Å²) in [7, 11) is 0. The zero-order valence-corrected chi connectivity index (χ0v) is 23.9. The fourth-order valence-corrected chi connectivity index (χ4v) is 8.12. The fourth-order valence-electron chi connectivity index (χ4n) is 6.71. The van der Waals surface area contributed by atoms with Gasteiger partial charge in [-0.25, -0.2) is 0 Å². The predicted molar refractivity (Wildman–Crippen MR) is 141 cm³/mol. The highest BCUT2D eigenvalue weighted by molar-refractivity contribution is 9.09. The molecule has 6 atom stereocenters. The van der Waals surface area contributed by atoms with Crippen LogP contribution >= 0.6 is 39.1 Å². The number of carboxylic acid groups (broad SMARTS) is 1. The van der Waals surface area contributed by atoms with E-state index in [2.05, 4.69) is 15.9 Å². The van der Waals surface area contributed by atoms with Crippen molar-refractivity contribution < 1.29 is 38.6 Å². The van der Waals surface area contributed by atoms with Gasteiger partial charge in [-0.1, -0.05) is 34.0 Å². The number of allylic oxidation sites excluding steroid dienone is 2. The lowest BCUT2D eigenvalue weighted by atomic mass is 9.57. The maximum absolute atomic E-state index is 13.7. The summed E-state index contributed by atoms with van der Waals surface area (Å²) in [5.41, 5.74) is 0.492. The third kappa shape index (κ3) is 4.10. The molecule has 0 radical (unpaired) electrons. The molecule has 210 valence electrons. The number of alkyl halides is 3. The number of nitrogens with zero attached hydrogens (tertiary/aromatic N) is 2. The lowest BCUT2D eigenvalue weighted by Crippen LogP contribution is -2.60. The van der Waals surface area contributed by atoms with Crippen molar-refractivity contribution in [3.63, 3.8) is 0 Å². The third-order valence-electron chi connectivity index (χ3n) is 8.50. The number of amides is 4. The molecule has 0 spiro atoms. The normalized spacial score (nSPS) is 33.8. The number of carbonyl (C=O) groups excluding carboxylic acids is 4. The first-order valence-electron chi connectivity index (χ1n) is 12.8. The molecule has 1 aromatic rings. The Balaban J connectivity index is 1.51. The Morgan fingerprint density at radius 1 is 1.05 bits per heavy atom. The molecule has 0 bridgehead atoms. The Kier molecular flexibility index (Phi) is 7.49. The first-order valence-corrected chi connectivity index (χ1v) is 14.7. The molecule has 0 aromatic carbocycles. The number of likely N-dealkylation sites (tertiary alicyclic amines) is 2. The number of carboxylic acids is 1. The first kappa shape index (κ1) is 28.3. The van der Waals surface area contributed by atoms with Crippen LogP contribution in [0.3, 0.4) is 0 Å². The van der Waals surface area contributed by atoms with E-state index in [-0.39, 0.29) is 54.6 Å². The van der Waals surface area contributed by atoms with Crippen LogP contribution in [0.4, 0.5) is 0 Å². The van der Waals surface area contributed by atoms with E-state index in [0.717, 1.165) is 4.90 Å². The second kappa shape index (κ2) is 10.3. The summed E-state index contributed by atoms with van der Waals surface area (Å²) in [6, 6.07) is 3.12. The Morgan fingerprint density at radius 2 is 1.79 bits per heavy atom. The molecule has 1 saturated carbocycles. The summed E-state index contributed by atoms with van der Waals surface area (Å²) in [5, 5.41) is 18.4. The predicted octanol–water partition coefficient (Wildman–Crippen LogP) is 3.13. The van der Waals surface area contributed by atoms with Gasteiger partial charge in [0.2, 0.25) is 11.8 Å². The molecule has 1 aromatic heterocycles. The summed E-state index contributed by atoms with van der Waals surface area (Å²) in [4.78, 5) is 63.3. The monoisotopic (exact) mass is 644 g/mol. The van der Waals surface area contributed by atoms with E-state index in [4.69, 9.17) is 32.7 Å². The minimum atomic E-state index is -1.95. The molecule has 2 saturated heterocycles. The molecule has 2 aliphatic carbocycles. The highest BCUT2D eigenvalue weighted by Gasteiger charge is 2.76. The van der Waals surface area contributed by atoms with E-state index in [0.29, 0.717) is 24.8 Å². The van der Waals surface area contributed by atoms with Crippen molar-refractivity contribution in [1.82, 2.24) is 9.80 Å². The number of halogens is 3. The van der Waals surface area contributed by atoms with Crippen LogP contribution in [0.25, 0.3) is 0 Å². The lowest BCUT2D eigenvalue weighted by molar-refractivity contribution is -0.141. The summed E-state index contributed by atoms with van der Waals surface area (Å²) in [6.45, 7) is -0.218. The van der Waals surface area contributed by atoms with Crippen molar-refractivity contribution in [2.75, 3.05) is 12.0 Å². The number of rotatable bonds is 9. The molecule has 39 heavy (non-hydrogen) atoms. The van der Waals surface area contributed by atoms with Crippen molar-refractivity contribution in [2.24, 2.45) is 17.8 Å². The number of aliphatic hydroxyl groups excluding tert-OH is 1. The number of hydrogen-bond acceptors (Lipinski definition) is 7. The fraction of sp³-hybridized carbons (Fsp3) is 0.577. The van der Waals surface area contributed by atoms with Crippen molar-refractivity contribution in [3.05, 3.63) is 35.3 Å². The van der Waals surface area contributed by atoms with E-state index >= 15 is 0 Å². The maximum atomic E-state index is 13.7. The average Bonchev–Trinajstić information content (AvgIpc) is 3.51. The SMILES string of the molecule is O=C(O)CCCCCN1C(=O)[C@H]2[C@H](CC=C3[C@H]2C[C@@]2(Cl)C(=O)N(CBr)C(=O)[C@@]2(Cl)[C@H]3c2ccc(CO)o2)C1=O. The van der Waals surface area contributed by atoms with Crippen molar-refractivity contribution in [3.8, 4) is 0 Å². The second-order valence-electron chi connectivity index (χ2n) is 10.5. The largest absolute Gasteiger partial charge is 0.481 e. The Morgan fingerprint density at radius 3 is 2.44 bits per heavy atom. The zero-order chi connectivity index (χ0) is 28.3. The van der Waals surface area contributed by atoms with Gasteiger partial charge < -0.3 is 14.6 Å². The van der Waals surface area contributed by atoms with E-state index in [9.17, 15) is 29.1 Å². The minimum Gasteiger partial charge on any atom is -0.481 e. The number of imide groups is 2. The van der Waals surface area contributed by atoms with Crippen LogP contribution in [0.2, 0.25) is 0 Å². The van der Waals surface area contributed by atoms with Gasteiger partial charge in [0.1, 0.15) is 18.1 Å². The standard InChI is InChI=1S/C26H27BrCl2N2O8/c27-12-31-23(37)25(28)10-16-14(20(26(25,29)24(31)38)17-8-5-13(11-32)39-17)6-7-15-19(16)22(36)30(21(15)35)9-3-1-2-4-18(33)34/h5-6,8,15-16,19-20,32H,1-4,7,9-12H2,(H,33,34)/t15-,16+,19-,20+,25+,26-/m0/s1. The van der Waals surface area contributed by atoms with Crippen molar-refractivity contribution in [1.29, 1.82) is 0 Å². The lowest BCUT2D eigenvalue weighted by Gasteiger charge is -2.49. The van der Waals surface area contributed by atoms with Gasteiger partial charge >= 0.3 is 5.97 Å². The summed E-state index contributed by atoms with van der Waals surface area (Å²) >= 11 is 17.4. The molecule has 5 rings (SSSR count). The molecule has 4 aliphatic rings. The van der Waals surface area contributed by atoms with Crippen molar-refractivity contribution in [2.45, 2.75) is 60.8 Å². The highest BCUT2D eigenvalue weighted by atomic mass is 79.9. The van der Waals surface area contributed by atoms with Gasteiger partial charge in [-0.3, -0.25) is 33.8 Å². The third-order valence-corrected chi connectivity index (χ3v) is 10.4. The van der Waals surface area contributed by atoms with Crippen molar-refractivity contribution >= 4 is 68.7 Å². The number of carbonyl (C=O) groups is 5. The van der Waals surface area contributed by atoms with E-state index < -0.39 is 57.8 Å². The number of unbranched alkanes of at least 4 members (excludes halogenated alkanes) is 2. The van der Waals surface area contributed by atoms with Crippen LogP contribution in [0, 0.1) is 17.8 Å². The molecule has 4 amide bonds.